The van der Waals surface area contributed by atoms with Crippen molar-refractivity contribution in [2.24, 2.45) is 0 Å². The second-order valence-electron chi connectivity index (χ2n) is 5.82. The van der Waals surface area contributed by atoms with E-state index in [2.05, 4.69) is 22.8 Å². The highest BCUT2D eigenvalue weighted by atomic mass is 35.5. The standard InChI is InChI=1S/C20H20ClN3OS/c1-3-11-24-19(13-25-18-9-7-15(2)8-10-18)22-23-20(24)26-14-16-5-4-6-17(21)12-16/h3-10,12H,1,11,13-14H2,2H3. The van der Waals surface area contributed by atoms with Crippen LogP contribution in [-0.2, 0) is 18.9 Å². The summed E-state index contributed by atoms with van der Waals surface area (Å²) < 4.78 is 7.87. The van der Waals surface area contributed by atoms with E-state index in [1.54, 1.807) is 11.8 Å². The minimum absolute atomic E-state index is 0.363. The summed E-state index contributed by atoms with van der Waals surface area (Å²) >= 11 is 7.67. The molecule has 2 aromatic carbocycles. The summed E-state index contributed by atoms with van der Waals surface area (Å²) in [6, 6.07) is 15.8. The van der Waals surface area contributed by atoms with Crippen molar-refractivity contribution in [2.75, 3.05) is 0 Å². The molecule has 3 aromatic rings. The molecule has 1 aromatic heterocycles. The minimum atomic E-state index is 0.363. The lowest BCUT2D eigenvalue weighted by Crippen LogP contribution is -2.07. The number of aryl methyl sites for hydroxylation is 1. The van der Waals surface area contributed by atoms with Gasteiger partial charge in [0.15, 0.2) is 11.0 Å². The van der Waals surface area contributed by atoms with E-state index in [0.29, 0.717) is 13.2 Å². The first-order valence-electron chi connectivity index (χ1n) is 8.25. The molecule has 0 radical (unpaired) electrons. The maximum atomic E-state index is 6.05. The van der Waals surface area contributed by atoms with Crippen molar-refractivity contribution in [1.29, 1.82) is 0 Å². The van der Waals surface area contributed by atoms with Gasteiger partial charge in [0, 0.05) is 17.3 Å². The van der Waals surface area contributed by atoms with Crippen molar-refractivity contribution in [3.05, 3.63) is 83.2 Å². The Morgan fingerprint density at radius 3 is 2.73 bits per heavy atom. The molecule has 1 heterocycles. The van der Waals surface area contributed by atoms with Crippen LogP contribution in [0.15, 0.2) is 66.3 Å². The van der Waals surface area contributed by atoms with Crippen molar-refractivity contribution >= 4 is 23.4 Å². The molecule has 26 heavy (non-hydrogen) atoms. The molecule has 4 nitrogen and oxygen atoms in total. The molecule has 0 spiro atoms. The molecule has 0 aliphatic rings. The van der Waals surface area contributed by atoms with Crippen LogP contribution < -0.4 is 4.74 Å². The summed E-state index contributed by atoms with van der Waals surface area (Å²) in [6.45, 7) is 6.88. The molecule has 0 saturated heterocycles. The molecule has 0 saturated carbocycles. The summed E-state index contributed by atoms with van der Waals surface area (Å²) in [5, 5.41) is 10.2. The third-order valence-electron chi connectivity index (χ3n) is 3.75. The van der Waals surface area contributed by atoms with E-state index in [4.69, 9.17) is 16.3 Å². The molecule has 0 N–H and O–H groups in total. The van der Waals surface area contributed by atoms with Crippen LogP contribution >= 0.6 is 23.4 Å². The van der Waals surface area contributed by atoms with Crippen molar-refractivity contribution < 1.29 is 4.74 Å². The molecule has 0 amide bonds. The van der Waals surface area contributed by atoms with Crippen LogP contribution in [0.5, 0.6) is 5.75 Å². The van der Waals surface area contributed by atoms with Crippen molar-refractivity contribution in [2.45, 2.75) is 31.0 Å². The highest BCUT2D eigenvalue weighted by Gasteiger charge is 2.12. The van der Waals surface area contributed by atoms with E-state index in [0.717, 1.165) is 33.1 Å². The maximum absolute atomic E-state index is 6.05. The first kappa shape index (κ1) is 18.5. The highest BCUT2D eigenvalue weighted by Crippen LogP contribution is 2.24. The van der Waals surface area contributed by atoms with Crippen LogP contribution in [0.25, 0.3) is 0 Å². The number of allylic oxidation sites excluding steroid dienone is 1. The second kappa shape index (κ2) is 8.92. The lowest BCUT2D eigenvalue weighted by molar-refractivity contribution is 0.289. The van der Waals surface area contributed by atoms with E-state index in [1.165, 1.54) is 5.56 Å². The van der Waals surface area contributed by atoms with Crippen LogP contribution in [0.3, 0.4) is 0 Å². The van der Waals surface area contributed by atoms with Gasteiger partial charge in [-0.3, -0.25) is 4.57 Å². The van der Waals surface area contributed by atoms with Gasteiger partial charge in [0.25, 0.3) is 0 Å². The summed E-state index contributed by atoms with van der Waals surface area (Å²) in [5.74, 6) is 2.37. The van der Waals surface area contributed by atoms with Crippen LogP contribution in [0.4, 0.5) is 0 Å². The number of hydrogen-bond acceptors (Lipinski definition) is 4. The number of nitrogens with zero attached hydrogens (tertiary/aromatic N) is 3. The van der Waals surface area contributed by atoms with Gasteiger partial charge in [0.1, 0.15) is 12.4 Å². The summed E-state index contributed by atoms with van der Waals surface area (Å²) in [5.41, 5.74) is 2.35. The number of halogens is 1. The summed E-state index contributed by atoms with van der Waals surface area (Å²) in [4.78, 5) is 0. The Bertz CT molecular complexity index is 877. The fourth-order valence-corrected chi connectivity index (χ4v) is 3.52. The Labute approximate surface area is 162 Å². The number of thioether (sulfide) groups is 1. The Hall–Kier alpha value is -2.24. The Balaban J connectivity index is 1.68. The predicted octanol–water partition coefficient (Wildman–Crippen LogP) is 5.30. The Morgan fingerprint density at radius 2 is 2.00 bits per heavy atom. The molecule has 0 aliphatic carbocycles. The largest absolute Gasteiger partial charge is 0.486 e. The molecular formula is C20H20ClN3OS. The zero-order chi connectivity index (χ0) is 18.4. The summed E-state index contributed by atoms with van der Waals surface area (Å²) in [7, 11) is 0. The smallest absolute Gasteiger partial charge is 0.191 e. The molecule has 0 aliphatic heterocycles. The van der Waals surface area contributed by atoms with Crippen LogP contribution in [0.2, 0.25) is 5.02 Å². The normalized spacial score (nSPS) is 10.7. The number of aromatic nitrogens is 3. The summed E-state index contributed by atoms with van der Waals surface area (Å²) in [6.07, 6.45) is 1.84. The van der Waals surface area contributed by atoms with E-state index in [1.807, 2.05) is 60.0 Å². The van der Waals surface area contributed by atoms with Gasteiger partial charge in [-0.1, -0.05) is 59.3 Å². The van der Waals surface area contributed by atoms with E-state index in [9.17, 15) is 0 Å². The lowest BCUT2D eigenvalue weighted by Gasteiger charge is -2.09. The van der Waals surface area contributed by atoms with Gasteiger partial charge >= 0.3 is 0 Å². The zero-order valence-electron chi connectivity index (χ0n) is 14.6. The quantitative estimate of drug-likeness (QED) is 0.390. The number of hydrogen-bond donors (Lipinski definition) is 0. The van der Waals surface area contributed by atoms with Gasteiger partial charge in [-0.05, 0) is 36.8 Å². The fourth-order valence-electron chi connectivity index (χ4n) is 2.40. The molecule has 134 valence electrons. The molecule has 0 bridgehead atoms. The molecule has 0 unspecified atom stereocenters. The van der Waals surface area contributed by atoms with Crippen molar-refractivity contribution in [3.8, 4) is 5.75 Å². The third-order valence-corrected chi connectivity index (χ3v) is 5.02. The SMILES string of the molecule is C=CCn1c(COc2ccc(C)cc2)nnc1SCc1cccc(Cl)c1. The van der Waals surface area contributed by atoms with Gasteiger partial charge in [0.05, 0.1) is 0 Å². The van der Waals surface area contributed by atoms with Crippen LogP contribution in [0, 0.1) is 6.92 Å². The van der Waals surface area contributed by atoms with Crippen molar-refractivity contribution in [1.82, 2.24) is 14.8 Å². The van der Waals surface area contributed by atoms with E-state index >= 15 is 0 Å². The minimum Gasteiger partial charge on any atom is -0.486 e. The van der Waals surface area contributed by atoms with E-state index in [-0.39, 0.29) is 0 Å². The van der Waals surface area contributed by atoms with Gasteiger partial charge in [0.2, 0.25) is 0 Å². The first-order valence-corrected chi connectivity index (χ1v) is 9.62. The first-order chi connectivity index (χ1) is 12.7. The number of benzene rings is 2. The molecule has 0 atom stereocenters. The number of ether oxygens (including phenoxy) is 1. The number of rotatable bonds is 8. The molecule has 0 fully saturated rings. The zero-order valence-corrected chi connectivity index (χ0v) is 16.1. The Morgan fingerprint density at radius 1 is 1.19 bits per heavy atom. The third kappa shape index (κ3) is 4.90. The average Bonchev–Trinajstić information content (AvgIpc) is 3.02. The fraction of sp³-hybridized carbons (Fsp3) is 0.200. The van der Waals surface area contributed by atoms with Crippen LogP contribution in [-0.4, -0.2) is 14.8 Å². The average molecular weight is 386 g/mol. The Kier molecular flexibility index (Phi) is 6.36. The maximum Gasteiger partial charge on any atom is 0.191 e. The predicted molar refractivity (Wildman–Crippen MR) is 107 cm³/mol. The van der Waals surface area contributed by atoms with Gasteiger partial charge in [-0.15, -0.1) is 16.8 Å². The van der Waals surface area contributed by atoms with Gasteiger partial charge < -0.3 is 4.74 Å². The van der Waals surface area contributed by atoms with Gasteiger partial charge in [-0.25, -0.2) is 0 Å². The van der Waals surface area contributed by atoms with E-state index < -0.39 is 0 Å². The monoisotopic (exact) mass is 385 g/mol. The van der Waals surface area contributed by atoms with Gasteiger partial charge in [-0.2, -0.15) is 0 Å². The topological polar surface area (TPSA) is 39.9 Å². The molecule has 3 rings (SSSR count). The molecular weight excluding hydrogens is 366 g/mol. The second-order valence-corrected chi connectivity index (χ2v) is 7.20. The van der Waals surface area contributed by atoms with Crippen molar-refractivity contribution in [3.63, 3.8) is 0 Å². The molecule has 6 heteroatoms. The van der Waals surface area contributed by atoms with Crippen LogP contribution in [0.1, 0.15) is 17.0 Å². The lowest BCUT2D eigenvalue weighted by atomic mass is 10.2. The highest BCUT2D eigenvalue weighted by molar-refractivity contribution is 7.98.